The third-order valence-corrected chi connectivity index (χ3v) is 14.7. The second-order valence-corrected chi connectivity index (χ2v) is 15.9. The first-order valence-electron chi connectivity index (χ1n) is 12.8. The molecule has 38 heavy (non-hydrogen) atoms. The number of rotatable bonds is 6. The lowest BCUT2D eigenvalue weighted by Gasteiger charge is -2.35. The van der Waals surface area contributed by atoms with Gasteiger partial charge in [0, 0.05) is 0 Å². The molecule has 0 aliphatic heterocycles. The van der Waals surface area contributed by atoms with E-state index in [1.165, 1.54) is 42.6 Å². The molecule has 184 valence electrons. The predicted octanol–water partition coefficient (Wildman–Crippen LogP) is 6.29. The third kappa shape index (κ3) is 4.12. The highest BCUT2D eigenvalue weighted by Gasteiger charge is 2.32. The van der Waals surface area contributed by atoms with Gasteiger partial charge in [-0.1, -0.05) is 158 Å². The predicted molar refractivity (Wildman–Crippen MR) is 176 cm³/mol. The number of hydrogen-bond acceptors (Lipinski definition) is 0. The van der Waals surface area contributed by atoms with Gasteiger partial charge in [-0.3, -0.25) is 0 Å². The summed E-state index contributed by atoms with van der Waals surface area (Å²) in [5.74, 6) is 0. The first kappa shape index (κ1) is 24.5. The SMILES string of the molecule is C=P(c1ccccc1)(c1ccccc1)c1cc2ccccc2cc1P(=C)(c1ccccc1)c1ccccc1. The summed E-state index contributed by atoms with van der Waals surface area (Å²) < 4.78 is 0. The van der Waals surface area contributed by atoms with Crippen LogP contribution in [0.4, 0.5) is 0 Å². The van der Waals surface area contributed by atoms with Crippen molar-refractivity contribution in [1.82, 2.24) is 0 Å². The smallest absolute Gasteiger partial charge is 0.00767 e. The zero-order valence-corrected chi connectivity index (χ0v) is 23.1. The molecule has 0 heterocycles. The van der Waals surface area contributed by atoms with E-state index in [9.17, 15) is 0 Å². The van der Waals surface area contributed by atoms with Gasteiger partial charge in [-0.2, -0.15) is 0 Å². The Hall–Kier alpha value is -3.82. The molecule has 6 aromatic carbocycles. The van der Waals surface area contributed by atoms with Crippen LogP contribution in [0, 0.1) is 0 Å². The average molecular weight is 525 g/mol. The van der Waals surface area contributed by atoms with Crippen LogP contribution in [-0.4, -0.2) is 12.6 Å². The van der Waals surface area contributed by atoms with E-state index in [4.69, 9.17) is 12.6 Å². The zero-order chi connectivity index (χ0) is 26.0. The molecule has 0 aliphatic carbocycles. The summed E-state index contributed by atoms with van der Waals surface area (Å²) in [5.41, 5.74) is 0. The topological polar surface area (TPSA) is 0 Å². The lowest BCUT2D eigenvalue weighted by molar-refractivity contribution is 1.74. The van der Waals surface area contributed by atoms with Gasteiger partial charge >= 0.3 is 0 Å². The molecule has 6 aromatic rings. The van der Waals surface area contributed by atoms with Crippen molar-refractivity contribution in [3.8, 4) is 0 Å². The van der Waals surface area contributed by atoms with Gasteiger partial charge in [-0.25, -0.2) is 0 Å². The fourth-order valence-electron chi connectivity index (χ4n) is 5.41. The Kier molecular flexibility index (Phi) is 6.55. The van der Waals surface area contributed by atoms with E-state index in [0.717, 1.165) is 0 Å². The zero-order valence-electron chi connectivity index (χ0n) is 21.3. The van der Waals surface area contributed by atoms with Gasteiger partial charge in [-0.05, 0) is 68.5 Å². The second kappa shape index (κ2) is 10.2. The van der Waals surface area contributed by atoms with Gasteiger partial charge in [0.1, 0.15) is 0 Å². The number of fused-ring (bicyclic) bond motifs is 1. The molecule has 0 amide bonds. The molecule has 0 spiro atoms. The fraction of sp³-hybridized carbons (Fsp3) is 0. The Morgan fingerprint density at radius 3 is 0.816 bits per heavy atom. The minimum absolute atomic E-state index is 1.24. The van der Waals surface area contributed by atoms with E-state index in [1.54, 1.807) is 0 Å². The van der Waals surface area contributed by atoms with E-state index in [0.29, 0.717) is 0 Å². The highest BCUT2D eigenvalue weighted by molar-refractivity contribution is 7.98. The quantitative estimate of drug-likeness (QED) is 0.225. The van der Waals surface area contributed by atoms with E-state index in [-0.39, 0.29) is 0 Å². The minimum Gasteiger partial charge on any atom is -0.0887 e. The van der Waals surface area contributed by atoms with Crippen LogP contribution in [0.3, 0.4) is 0 Å². The highest BCUT2D eigenvalue weighted by Crippen LogP contribution is 2.48. The van der Waals surface area contributed by atoms with Crippen molar-refractivity contribution < 1.29 is 0 Å². The lowest BCUT2D eigenvalue weighted by atomic mass is 10.1. The third-order valence-electron chi connectivity index (χ3n) is 7.45. The van der Waals surface area contributed by atoms with Crippen molar-refractivity contribution in [3.05, 3.63) is 158 Å². The molecule has 0 saturated carbocycles. The van der Waals surface area contributed by atoms with Crippen LogP contribution in [0.1, 0.15) is 0 Å². The van der Waals surface area contributed by atoms with Crippen LogP contribution >= 0.6 is 13.8 Å². The van der Waals surface area contributed by atoms with Crippen molar-refractivity contribution >= 4 is 69.0 Å². The van der Waals surface area contributed by atoms with Crippen LogP contribution in [0.25, 0.3) is 10.8 Å². The van der Waals surface area contributed by atoms with Crippen LogP contribution in [-0.2, 0) is 0 Å². The molecule has 0 fully saturated rings. The second-order valence-electron chi connectivity index (χ2n) is 9.65. The van der Waals surface area contributed by atoms with Gasteiger partial charge in [-0.15, -0.1) is 0 Å². The maximum Gasteiger partial charge on any atom is -0.00767 e. The summed E-state index contributed by atoms with van der Waals surface area (Å²) >= 11 is 0. The van der Waals surface area contributed by atoms with Crippen molar-refractivity contribution in [2.45, 2.75) is 0 Å². The Morgan fingerprint density at radius 2 is 0.553 bits per heavy atom. The Balaban J connectivity index is 1.79. The molecule has 0 radical (unpaired) electrons. The molecule has 0 aromatic heterocycles. The summed E-state index contributed by atoms with van der Waals surface area (Å²) in [5, 5.41) is 10.2. The van der Waals surface area contributed by atoms with Gasteiger partial charge in [0.05, 0.1) is 0 Å². The van der Waals surface area contributed by atoms with Crippen LogP contribution in [0.2, 0.25) is 0 Å². The molecule has 0 nitrogen and oxygen atoms in total. The molecule has 6 rings (SSSR count). The maximum atomic E-state index is 5.15. The molecular weight excluding hydrogens is 494 g/mol. The first-order valence-corrected chi connectivity index (χ1v) is 16.8. The van der Waals surface area contributed by atoms with Crippen LogP contribution < -0.4 is 31.8 Å². The van der Waals surface area contributed by atoms with E-state index >= 15 is 0 Å². The Bertz CT molecular complexity index is 1570. The van der Waals surface area contributed by atoms with Crippen molar-refractivity contribution in [1.29, 1.82) is 0 Å². The molecule has 0 saturated heterocycles. The first-order chi connectivity index (χ1) is 18.6. The molecule has 0 N–H and O–H groups in total. The maximum absolute atomic E-state index is 5.15. The molecule has 0 bridgehead atoms. The largest absolute Gasteiger partial charge is 0.0887 e. The van der Waals surface area contributed by atoms with Gasteiger partial charge < -0.3 is 0 Å². The normalized spacial score (nSPS) is 11.9. The van der Waals surface area contributed by atoms with Crippen molar-refractivity contribution in [3.63, 3.8) is 0 Å². The average Bonchev–Trinajstić information content (AvgIpc) is 3.01. The summed E-state index contributed by atoms with van der Waals surface area (Å²) in [6.45, 7) is -4.54. The number of benzene rings is 6. The standard InChI is InChI=1S/C36H30P2/c1-37(31-19-7-3-8-20-31,32-21-9-4-10-22-32)35-27-29-17-15-16-18-30(29)28-36(35)38(2,33-23-11-5-12-24-33)34-25-13-6-14-26-34/h3-28H,1-2H2. The van der Waals surface area contributed by atoms with E-state index < -0.39 is 13.8 Å². The highest BCUT2D eigenvalue weighted by atomic mass is 31.2. The van der Waals surface area contributed by atoms with Crippen LogP contribution in [0.5, 0.6) is 0 Å². The van der Waals surface area contributed by atoms with Crippen LogP contribution in [0.15, 0.2) is 158 Å². The Morgan fingerprint density at radius 1 is 0.316 bits per heavy atom. The van der Waals surface area contributed by atoms with E-state index in [2.05, 4.69) is 158 Å². The van der Waals surface area contributed by atoms with Crippen molar-refractivity contribution in [2.24, 2.45) is 0 Å². The summed E-state index contributed by atoms with van der Waals surface area (Å²) in [7, 11) is 0. The molecule has 2 heteroatoms. The fourth-order valence-corrected chi connectivity index (χ4v) is 12.5. The molecular formula is C36H30P2. The van der Waals surface area contributed by atoms with E-state index in [1.807, 2.05) is 0 Å². The summed E-state index contributed by atoms with van der Waals surface area (Å²) in [6.07, 6.45) is 10.3. The van der Waals surface area contributed by atoms with Gasteiger partial charge in [0.15, 0.2) is 0 Å². The number of hydrogen-bond donors (Lipinski definition) is 0. The molecule has 0 atom stereocenters. The van der Waals surface area contributed by atoms with Gasteiger partial charge in [0.25, 0.3) is 0 Å². The Labute approximate surface area is 226 Å². The summed E-state index contributed by atoms with van der Waals surface area (Å²) in [4.78, 5) is 0. The van der Waals surface area contributed by atoms with Gasteiger partial charge in [0.2, 0.25) is 0 Å². The lowest BCUT2D eigenvalue weighted by Crippen LogP contribution is -2.39. The molecule has 0 aliphatic rings. The monoisotopic (exact) mass is 524 g/mol. The summed E-state index contributed by atoms with van der Waals surface area (Å²) in [6, 6.07) is 57.0. The van der Waals surface area contributed by atoms with Crippen molar-refractivity contribution in [2.75, 3.05) is 0 Å². The minimum atomic E-state index is -2.27. The molecule has 0 unspecified atom stereocenters.